The fraction of sp³-hybridized carbons (Fsp3) is 0.917. The molecule has 1 heterocycles. The maximum atomic E-state index is 11.9. The molecule has 1 saturated heterocycles. The van der Waals surface area contributed by atoms with Crippen LogP contribution in [0.5, 0.6) is 0 Å². The smallest absolute Gasteiger partial charge is 0.236 e. The summed E-state index contributed by atoms with van der Waals surface area (Å²) in [4.78, 5) is 13.8. The molecule has 0 bridgehead atoms. The third-order valence-corrected chi connectivity index (χ3v) is 3.21. The highest BCUT2D eigenvalue weighted by Gasteiger charge is 2.32. The van der Waals surface area contributed by atoms with Crippen LogP contribution in [-0.4, -0.2) is 49.7 Å². The summed E-state index contributed by atoms with van der Waals surface area (Å²) in [6, 6.07) is 0. The summed E-state index contributed by atoms with van der Waals surface area (Å²) in [6.45, 7) is 7.11. The summed E-state index contributed by atoms with van der Waals surface area (Å²) in [5.74, 6) is 0.191. The first kappa shape index (κ1) is 13.5. The fourth-order valence-electron chi connectivity index (χ4n) is 2.07. The first-order chi connectivity index (χ1) is 7.61. The Morgan fingerprint density at radius 2 is 2.31 bits per heavy atom. The van der Waals surface area contributed by atoms with Gasteiger partial charge in [0, 0.05) is 20.2 Å². The number of carbonyl (C=O) groups is 1. The molecule has 0 spiro atoms. The van der Waals surface area contributed by atoms with Crippen molar-refractivity contribution >= 4 is 5.91 Å². The minimum Gasteiger partial charge on any atom is -0.377 e. The normalized spacial score (nSPS) is 25.8. The highest BCUT2D eigenvalue weighted by Crippen LogP contribution is 2.23. The van der Waals surface area contributed by atoms with Crippen molar-refractivity contribution in [2.24, 2.45) is 0 Å². The van der Waals surface area contributed by atoms with Gasteiger partial charge >= 0.3 is 0 Å². The van der Waals surface area contributed by atoms with Gasteiger partial charge in [-0.05, 0) is 32.7 Å². The number of rotatable bonds is 5. The van der Waals surface area contributed by atoms with E-state index in [2.05, 4.69) is 19.2 Å². The number of carbonyl (C=O) groups excluding carboxylic acids is 1. The topological polar surface area (TPSA) is 41.6 Å². The van der Waals surface area contributed by atoms with E-state index in [0.29, 0.717) is 6.54 Å². The van der Waals surface area contributed by atoms with E-state index in [1.165, 1.54) is 0 Å². The van der Waals surface area contributed by atoms with Gasteiger partial charge in [-0.1, -0.05) is 6.92 Å². The van der Waals surface area contributed by atoms with E-state index in [-0.39, 0.29) is 11.5 Å². The van der Waals surface area contributed by atoms with Crippen molar-refractivity contribution in [2.45, 2.75) is 38.7 Å². The Hall–Kier alpha value is -0.610. The van der Waals surface area contributed by atoms with E-state index in [4.69, 9.17) is 4.74 Å². The summed E-state index contributed by atoms with van der Waals surface area (Å²) in [6.07, 6.45) is 3.13. The molecule has 94 valence electrons. The molecule has 16 heavy (non-hydrogen) atoms. The molecule has 1 unspecified atom stereocenters. The van der Waals surface area contributed by atoms with Crippen LogP contribution in [-0.2, 0) is 9.53 Å². The molecule has 1 N–H and O–H groups in total. The second-order valence-corrected chi connectivity index (χ2v) is 4.75. The quantitative estimate of drug-likeness (QED) is 0.714. The first-order valence-electron chi connectivity index (χ1n) is 6.15. The lowest BCUT2D eigenvalue weighted by Crippen LogP contribution is -2.51. The second-order valence-electron chi connectivity index (χ2n) is 4.75. The van der Waals surface area contributed by atoms with E-state index in [9.17, 15) is 4.79 Å². The van der Waals surface area contributed by atoms with Crippen LogP contribution in [0.15, 0.2) is 0 Å². The standard InChI is InChI=1S/C12H24N2O2/c1-4-7-13-9-11(15)14-8-5-6-12(2,10-14)16-3/h13H,4-10H2,1-3H3. The molecule has 1 fully saturated rings. The average Bonchev–Trinajstić information content (AvgIpc) is 2.29. The lowest BCUT2D eigenvalue weighted by molar-refractivity contribution is -0.138. The molecule has 0 saturated carbocycles. The maximum Gasteiger partial charge on any atom is 0.236 e. The molecule has 4 nitrogen and oxygen atoms in total. The van der Waals surface area contributed by atoms with Crippen molar-refractivity contribution in [1.29, 1.82) is 0 Å². The molecular weight excluding hydrogens is 204 g/mol. The van der Waals surface area contributed by atoms with Crippen molar-refractivity contribution in [2.75, 3.05) is 33.3 Å². The first-order valence-corrected chi connectivity index (χ1v) is 6.15. The van der Waals surface area contributed by atoms with E-state index < -0.39 is 0 Å². The number of methoxy groups -OCH3 is 1. The third-order valence-electron chi connectivity index (χ3n) is 3.21. The number of amides is 1. The summed E-state index contributed by atoms with van der Waals surface area (Å²) >= 11 is 0. The molecule has 0 aromatic heterocycles. The Bertz CT molecular complexity index is 233. The summed E-state index contributed by atoms with van der Waals surface area (Å²) in [5, 5.41) is 3.15. The monoisotopic (exact) mass is 228 g/mol. The molecule has 0 aromatic carbocycles. The zero-order valence-electron chi connectivity index (χ0n) is 10.7. The van der Waals surface area contributed by atoms with Gasteiger partial charge in [0.15, 0.2) is 0 Å². The maximum absolute atomic E-state index is 11.9. The largest absolute Gasteiger partial charge is 0.377 e. The molecule has 1 atom stereocenters. The summed E-state index contributed by atoms with van der Waals surface area (Å²) in [7, 11) is 1.73. The molecule has 0 aliphatic carbocycles. The van der Waals surface area contributed by atoms with Gasteiger partial charge in [-0.2, -0.15) is 0 Å². The van der Waals surface area contributed by atoms with Crippen molar-refractivity contribution in [3.05, 3.63) is 0 Å². The predicted octanol–water partition coefficient (Wildman–Crippen LogP) is 1.01. The molecule has 1 aliphatic heterocycles. The minimum atomic E-state index is -0.154. The van der Waals surface area contributed by atoms with Crippen LogP contribution in [0.1, 0.15) is 33.1 Å². The van der Waals surface area contributed by atoms with E-state index in [0.717, 1.165) is 38.9 Å². The van der Waals surface area contributed by atoms with Gasteiger partial charge in [0.1, 0.15) is 0 Å². The van der Waals surface area contributed by atoms with Gasteiger partial charge < -0.3 is 15.0 Å². The van der Waals surface area contributed by atoms with E-state index in [1.807, 2.05) is 4.90 Å². The fourth-order valence-corrected chi connectivity index (χ4v) is 2.07. The van der Waals surface area contributed by atoms with E-state index in [1.54, 1.807) is 7.11 Å². The van der Waals surface area contributed by atoms with Crippen molar-refractivity contribution in [3.8, 4) is 0 Å². The highest BCUT2D eigenvalue weighted by molar-refractivity contribution is 5.78. The summed E-state index contributed by atoms with van der Waals surface area (Å²) in [5.41, 5.74) is -0.154. The number of nitrogens with one attached hydrogen (secondary N) is 1. The van der Waals surface area contributed by atoms with Crippen molar-refractivity contribution < 1.29 is 9.53 Å². The molecule has 4 heteroatoms. The lowest BCUT2D eigenvalue weighted by Gasteiger charge is -2.39. The Balaban J connectivity index is 2.38. The number of hydrogen-bond donors (Lipinski definition) is 1. The Labute approximate surface area is 98.3 Å². The van der Waals surface area contributed by atoms with Crippen LogP contribution >= 0.6 is 0 Å². The SMILES string of the molecule is CCCNCC(=O)N1CCCC(C)(OC)C1. The van der Waals surface area contributed by atoms with Gasteiger partial charge in [-0.25, -0.2) is 0 Å². The van der Waals surface area contributed by atoms with Crippen LogP contribution in [0.3, 0.4) is 0 Å². The van der Waals surface area contributed by atoms with Gasteiger partial charge in [0.2, 0.25) is 5.91 Å². The Kier molecular flexibility index (Phi) is 5.22. The summed E-state index contributed by atoms with van der Waals surface area (Å²) < 4.78 is 5.47. The zero-order valence-corrected chi connectivity index (χ0v) is 10.7. The molecular formula is C12H24N2O2. The molecule has 1 rings (SSSR count). The number of ether oxygens (including phenoxy) is 1. The van der Waals surface area contributed by atoms with Crippen LogP contribution in [0.2, 0.25) is 0 Å². The molecule has 0 aromatic rings. The number of likely N-dealkylation sites (tertiary alicyclic amines) is 1. The van der Waals surface area contributed by atoms with Crippen LogP contribution in [0, 0.1) is 0 Å². The molecule has 0 radical (unpaired) electrons. The second kappa shape index (κ2) is 6.21. The number of hydrogen-bond acceptors (Lipinski definition) is 3. The van der Waals surface area contributed by atoms with Gasteiger partial charge in [-0.3, -0.25) is 4.79 Å². The van der Waals surface area contributed by atoms with Crippen LogP contribution in [0.4, 0.5) is 0 Å². The minimum absolute atomic E-state index is 0.154. The third kappa shape index (κ3) is 3.76. The average molecular weight is 228 g/mol. The van der Waals surface area contributed by atoms with Crippen LogP contribution < -0.4 is 5.32 Å². The van der Waals surface area contributed by atoms with Gasteiger partial charge in [0.05, 0.1) is 12.1 Å². The van der Waals surface area contributed by atoms with Gasteiger partial charge in [0.25, 0.3) is 0 Å². The number of piperidine rings is 1. The van der Waals surface area contributed by atoms with Crippen molar-refractivity contribution in [1.82, 2.24) is 10.2 Å². The lowest BCUT2D eigenvalue weighted by atomic mass is 9.95. The highest BCUT2D eigenvalue weighted by atomic mass is 16.5. The Morgan fingerprint density at radius 3 is 2.94 bits per heavy atom. The van der Waals surface area contributed by atoms with Crippen molar-refractivity contribution in [3.63, 3.8) is 0 Å². The predicted molar refractivity (Wildman–Crippen MR) is 64.4 cm³/mol. The number of nitrogens with zero attached hydrogens (tertiary/aromatic N) is 1. The Morgan fingerprint density at radius 1 is 1.56 bits per heavy atom. The zero-order chi connectivity index (χ0) is 12.0. The van der Waals surface area contributed by atoms with Gasteiger partial charge in [-0.15, -0.1) is 0 Å². The molecule has 1 aliphatic rings. The van der Waals surface area contributed by atoms with E-state index >= 15 is 0 Å². The molecule has 1 amide bonds. The van der Waals surface area contributed by atoms with Crippen LogP contribution in [0.25, 0.3) is 0 Å².